The van der Waals surface area contributed by atoms with Crippen LogP contribution in [0.15, 0.2) is 6.20 Å². The van der Waals surface area contributed by atoms with Crippen LogP contribution in [0.2, 0.25) is 0 Å². The van der Waals surface area contributed by atoms with Crippen LogP contribution < -0.4 is 5.32 Å². The summed E-state index contributed by atoms with van der Waals surface area (Å²) in [6.45, 7) is 4.33. The SMILES string of the molecule is CCOC1CC(CC(=O)Nc2c[nH]c(C)c2C(=O)O)C1. The number of anilines is 1. The Labute approximate surface area is 117 Å². The average molecular weight is 280 g/mol. The second-order valence-corrected chi connectivity index (χ2v) is 5.17. The van der Waals surface area contributed by atoms with E-state index >= 15 is 0 Å². The summed E-state index contributed by atoms with van der Waals surface area (Å²) in [6, 6.07) is 0. The molecule has 6 heteroatoms. The molecule has 0 spiro atoms. The van der Waals surface area contributed by atoms with Gasteiger partial charge in [0.15, 0.2) is 0 Å². The number of aryl methyl sites for hydroxylation is 1. The first kappa shape index (κ1) is 14.6. The number of H-pyrrole nitrogens is 1. The Morgan fingerprint density at radius 2 is 2.20 bits per heavy atom. The van der Waals surface area contributed by atoms with Gasteiger partial charge in [-0.1, -0.05) is 0 Å². The van der Waals surface area contributed by atoms with Crippen LogP contribution in [0.1, 0.15) is 42.2 Å². The molecule has 1 saturated carbocycles. The maximum atomic E-state index is 11.9. The van der Waals surface area contributed by atoms with Gasteiger partial charge in [0.25, 0.3) is 0 Å². The first-order chi connectivity index (χ1) is 9.51. The molecule has 1 aromatic rings. The van der Waals surface area contributed by atoms with Crippen LogP contribution in [0, 0.1) is 12.8 Å². The molecule has 2 rings (SSSR count). The molecule has 110 valence electrons. The van der Waals surface area contributed by atoms with E-state index in [0.717, 1.165) is 12.8 Å². The lowest BCUT2D eigenvalue weighted by Crippen LogP contribution is -2.34. The van der Waals surface area contributed by atoms with Crippen LogP contribution in [0.25, 0.3) is 0 Å². The van der Waals surface area contributed by atoms with E-state index < -0.39 is 5.97 Å². The van der Waals surface area contributed by atoms with Gasteiger partial charge in [-0.2, -0.15) is 0 Å². The predicted octanol–water partition coefficient (Wildman–Crippen LogP) is 2.17. The molecular formula is C14H20N2O4. The quantitative estimate of drug-likeness (QED) is 0.744. The second-order valence-electron chi connectivity index (χ2n) is 5.17. The summed E-state index contributed by atoms with van der Waals surface area (Å²) in [5, 5.41) is 11.8. The standard InChI is InChI=1S/C14H20N2O4/c1-3-20-10-4-9(5-10)6-12(17)16-11-7-15-8(2)13(11)14(18)19/h7,9-10,15H,3-6H2,1-2H3,(H,16,17)(H,18,19). The number of nitrogens with one attached hydrogen (secondary N) is 2. The molecule has 1 heterocycles. The topological polar surface area (TPSA) is 91.4 Å². The van der Waals surface area contributed by atoms with Crippen LogP contribution in [0.5, 0.6) is 0 Å². The van der Waals surface area contributed by atoms with Crippen LogP contribution >= 0.6 is 0 Å². The number of hydrogen-bond donors (Lipinski definition) is 3. The number of carboxylic acid groups (broad SMARTS) is 1. The van der Waals surface area contributed by atoms with Gasteiger partial charge in [-0.3, -0.25) is 4.79 Å². The normalized spacial score (nSPS) is 21.3. The molecule has 20 heavy (non-hydrogen) atoms. The Bertz CT molecular complexity index is 503. The van der Waals surface area contributed by atoms with E-state index in [9.17, 15) is 9.59 Å². The van der Waals surface area contributed by atoms with Crippen LogP contribution in [-0.2, 0) is 9.53 Å². The fourth-order valence-corrected chi connectivity index (χ4v) is 2.58. The fraction of sp³-hybridized carbons (Fsp3) is 0.571. The monoisotopic (exact) mass is 280 g/mol. The maximum Gasteiger partial charge on any atom is 0.339 e. The molecule has 0 bridgehead atoms. The third kappa shape index (κ3) is 3.19. The Kier molecular flexibility index (Phi) is 4.44. The lowest BCUT2D eigenvalue weighted by molar-refractivity contribution is -0.119. The average Bonchev–Trinajstić information content (AvgIpc) is 2.67. The third-order valence-electron chi connectivity index (χ3n) is 3.63. The highest BCUT2D eigenvalue weighted by molar-refractivity contribution is 6.01. The van der Waals surface area contributed by atoms with Crippen molar-refractivity contribution in [3.05, 3.63) is 17.5 Å². The Morgan fingerprint density at radius 1 is 1.50 bits per heavy atom. The zero-order chi connectivity index (χ0) is 14.7. The van der Waals surface area contributed by atoms with E-state index in [-0.39, 0.29) is 17.6 Å². The van der Waals surface area contributed by atoms with Crippen molar-refractivity contribution in [2.75, 3.05) is 11.9 Å². The Morgan fingerprint density at radius 3 is 2.80 bits per heavy atom. The number of carbonyl (C=O) groups excluding carboxylic acids is 1. The molecule has 1 aromatic heterocycles. The molecule has 1 aliphatic rings. The third-order valence-corrected chi connectivity index (χ3v) is 3.63. The molecule has 1 aliphatic carbocycles. The van der Waals surface area contributed by atoms with Crippen LogP contribution in [0.4, 0.5) is 5.69 Å². The summed E-state index contributed by atoms with van der Waals surface area (Å²) in [7, 11) is 0. The molecule has 0 aliphatic heterocycles. The highest BCUT2D eigenvalue weighted by Gasteiger charge is 2.31. The Balaban J connectivity index is 1.85. The molecule has 0 aromatic carbocycles. The van der Waals surface area contributed by atoms with Crippen molar-refractivity contribution < 1.29 is 19.4 Å². The number of hydrogen-bond acceptors (Lipinski definition) is 3. The lowest BCUT2D eigenvalue weighted by Gasteiger charge is -2.34. The number of ether oxygens (including phenoxy) is 1. The Hall–Kier alpha value is -1.82. The number of aromatic amines is 1. The van der Waals surface area contributed by atoms with Gasteiger partial charge in [-0.25, -0.2) is 4.79 Å². The summed E-state index contributed by atoms with van der Waals surface area (Å²) in [6.07, 6.45) is 4.01. The van der Waals surface area contributed by atoms with Gasteiger partial charge in [0, 0.05) is 24.9 Å². The van der Waals surface area contributed by atoms with Gasteiger partial charge in [-0.15, -0.1) is 0 Å². The van der Waals surface area contributed by atoms with E-state index in [1.165, 1.54) is 6.20 Å². The minimum Gasteiger partial charge on any atom is -0.478 e. The molecule has 3 N–H and O–H groups in total. The predicted molar refractivity (Wildman–Crippen MR) is 73.9 cm³/mol. The number of amides is 1. The number of carbonyl (C=O) groups is 2. The zero-order valence-corrected chi connectivity index (χ0v) is 11.7. The second kappa shape index (κ2) is 6.09. The van der Waals surface area contributed by atoms with Crippen molar-refractivity contribution in [2.24, 2.45) is 5.92 Å². The first-order valence-electron chi connectivity index (χ1n) is 6.84. The van der Waals surface area contributed by atoms with E-state index in [0.29, 0.717) is 30.3 Å². The van der Waals surface area contributed by atoms with Gasteiger partial charge in [0.2, 0.25) is 5.91 Å². The molecule has 0 saturated heterocycles. The van der Waals surface area contributed by atoms with E-state index in [1.807, 2.05) is 6.92 Å². The first-order valence-corrected chi connectivity index (χ1v) is 6.84. The van der Waals surface area contributed by atoms with Crippen LogP contribution in [0.3, 0.4) is 0 Å². The molecular weight excluding hydrogens is 260 g/mol. The molecule has 0 radical (unpaired) electrons. The summed E-state index contributed by atoms with van der Waals surface area (Å²) in [5.74, 6) is -0.856. The summed E-state index contributed by atoms with van der Waals surface area (Å²) < 4.78 is 5.45. The fourth-order valence-electron chi connectivity index (χ4n) is 2.58. The van der Waals surface area contributed by atoms with Gasteiger partial charge in [0.1, 0.15) is 5.56 Å². The van der Waals surface area contributed by atoms with E-state index in [2.05, 4.69) is 10.3 Å². The largest absolute Gasteiger partial charge is 0.478 e. The van der Waals surface area contributed by atoms with Gasteiger partial charge in [-0.05, 0) is 32.6 Å². The minimum absolute atomic E-state index is 0.124. The zero-order valence-electron chi connectivity index (χ0n) is 11.7. The van der Waals surface area contributed by atoms with E-state index in [1.54, 1.807) is 6.92 Å². The molecule has 0 unspecified atom stereocenters. The molecule has 6 nitrogen and oxygen atoms in total. The number of rotatable bonds is 6. The summed E-state index contributed by atoms with van der Waals surface area (Å²) in [4.78, 5) is 25.8. The summed E-state index contributed by atoms with van der Waals surface area (Å²) in [5.41, 5.74) is 0.993. The van der Waals surface area contributed by atoms with Crippen LogP contribution in [-0.4, -0.2) is 34.7 Å². The molecule has 1 fully saturated rings. The lowest BCUT2D eigenvalue weighted by atomic mass is 9.80. The minimum atomic E-state index is -1.04. The van der Waals surface area contributed by atoms with Gasteiger partial charge in [0.05, 0.1) is 11.8 Å². The van der Waals surface area contributed by atoms with Crippen molar-refractivity contribution in [2.45, 2.75) is 39.2 Å². The van der Waals surface area contributed by atoms with Crippen molar-refractivity contribution in [1.82, 2.24) is 4.98 Å². The summed E-state index contributed by atoms with van der Waals surface area (Å²) >= 11 is 0. The highest BCUT2D eigenvalue weighted by atomic mass is 16.5. The van der Waals surface area contributed by atoms with Crippen molar-refractivity contribution in [3.63, 3.8) is 0 Å². The maximum absolute atomic E-state index is 11.9. The van der Waals surface area contributed by atoms with Crippen molar-refractivity contribution in [1.29, 1.82) is 0 Å². The van der Waals surface area contributed by atoms with Gasteiger partial charge < -0.3 is 20.1 Å². The van der Waals surface area contributed by atoms with Crippen molar-refractivity contribution in [3.8, 4) is 0 Å². The number of aromatic carboxylic acids is 1. The molecule has 1 amide bonds. The molecule has 0 atom stereocenters. The highest BCUT2D eigenvalue weighted by Crippen LogP contribution is 2.33. The van der Waals surface area contributed by atoms with E-state index in [4.69, 9.17) is 9.84 Å². The number of aromatic nitrogens is 1. The smallest absolute Gasteiger partial charge is 0.339 e. The van der Waals surface area contributed by atoms with Crippen molar-refractivity contribution >= 4 is 17.6 Å². The number of carboxylic acids is 1. The van der Waals surface area contributed by atoms with Gasteiger partial charge >= 0.3 is 5.97 Å².